The molecule has 2 fully saturated rings. The van der Waals surface area contributed by atoms with E-state index in [4.69, 9.17) is 23.2 Å². The first-order chi connectivity index (χ1) is 14.7. The zero-order chi connectivity index (χ0) is 22.6. The second-order valence-corrected chi connectivity index (χ2v) is 9.85. The molecule has 0 radical (unpaired) electrons. The fourth-order valence-electron chi connectivity index (χ4n) is 4.12. The van der Waals surface area contributed by atoms with Crippen LogP contribution in [-0.4, -0.2) is 83.5 Å². The maximum atomic E-state index is 12.6. The monoisotopic (exact) mass is 467 g/mol. The second-order valence-electron chi connectivity index (χ2n) is 9.03. The zero-order valence-electron chi connectivity index (χ0n) is 18.2. The Morgan fingerprint density at radius 2 is 1.94 bits per heavy atom. The lowest BCUT2D eigenvalue weighted by Crippen LogP contribution is -2.50. The van der Waals surface area contributed by atoms with E-state index in [0.717, 1.165) is 31.6 Å². The molecule has 0 saturated carbocycles. The summed E-state index contributed by atoms with van der Waals surface area (Å²) in [5.74, 6) is -0.0347. The molecule has 0 bridgehead atoms. The average molecular weight is 468 g/mol. The van der Waals surface area contributed by atoms with Gasteiger partial charge in [0.25, 0.3) is 0 Å². The van der Waals surface area contributed by atoms with Crippen LogP contribution in [0.5, 0.6) is 0 Å². The number of piperidine rings is 1. The van der Waals surface area contributed by atoms with Crippen molar-refractivity contribution in [2.45, 2.75) is 32.8 Å². The summed E-state index contributed by atoms with van der Waals surface area (Å²) < 4.78 is 0. The van der Waals surface area contributed by atoms with E-state index in [1.165, 1.54) is 6.08 Å². The zero-order valence-corrected chi connectivity index (χ0v) is 19.7. The van der Waals surface area contributed by atoms with Gasteiger partial charge < -0.3 is 19.8 Å². The van der Waals surface area contributed by atoms with Crippen LogP contribution in [0.15, 0.2) is 24.3 Å². The van der Waals surface area contributed by atoms with Gasteiger partial charge in [-0.25, -0.2) is 0 Å². The van der Waals surface area contributed by atoms with Gasteiger partial charge >= 0.3 is 0 Å². The molecule has 2 aliphatic rings. The van der Waals surface area contributed by atoms with E-state index >= 15 is 0 Å². The maximum Gasteiger partial charge on any atom is 0.246 e. The lowest BCUT2D eigenvalue weighted by molar-refractivity contribution is -0.130. The van der Waals surface area contributed by atoms with Crippen LogP contribution in [0.1, 0.15) is 32.3 Å². The first-order valence-corrected chi connectivity index (χ1v) is 11.5. The number of aliphatic hydroxyl groups is 1. The van der Waals surface area contributed by atoms with Crippen molar-refractivity contribution in [3.63, 3.8) is 0 Å². The number of carbonyl (C=O) groups excluding carboxylic acids is 2. The van der Waals surface area contributed by atoms with Crippen molar-refractivity contribution in [2.24, 2.45) is 5.41 Å². The predicted octanol–water partition coefficient (Wildman–Crippen LogP) is 3.16. The molecule has 1 unspecified atom stereocenters. The molecule has 8 heteroatoms. The topological polar surface area (TPSA) is 64.1 Å². The summed E-state index contributed by atoms with van der Waals surface area (Å²) in [5, 5.41) is 11.0. The molecular weight excluding hydrogens is 437 g/mol. The van der Waals surface area contributed by atoms with Crippen molar-refractivity contribution in [1.29, 1.82) is 0 Å². The molecular formula is C23H31Cl2N3O3. The van der Waals surface area contributed by atoms with E-state index < -0.39 is 0 Å². The van der Waals surface area contributed by atoms with Gasteiger partial charge in [0.1, 0.15) is 0 Å². The lowest BCUT2D eigenvalue weighted by atomic mass is 9.81. The molecule has 0 aromatic heterocycles. The number of aliphatic hydroxyl groups excluding tert-OH is 1. The van der Waals surface area contributed by atoms with Crippen molar-refractivity contribution in [1.82, 2.24) is 14.7 Å². The maximum absolute atomic E-state index is 12.6. The SMILES string of the molecule is CC1(C)CN(CCN2CCN(C(=O)C=Cc3ccc(Cl)c(Cl)c3)CCC2=O)CCC1O. The Balaban J connectivity index is 1.51. The molecule has 2 aliphatic heterocycles. The number of hydrogen-bond donors (Lipinski definition) is 1. The van der Waals surface area contributed by atoms with Gasteiger partial charge in [-0.3, -0.25) is 9.59 Å². The third kappa shape index (κ3) is 6.45. The van der Waals surface area contributed by atoms with Gasteiger partial charge in [0.15, 0.2) is 0 Å². The molecule has 3 rings (SSSR count). The van der Waals surface area contributed by atoms with Crippen molar-refractivity contribution in [3.8, 4) is 0 Å². The third-order valence-corrected chi connectivity index (χ3v) is 6.94. The third-order valence-electron chi connectivity index (χ3n) is 6.20. The van der Waals surface area contributed by atoms with Crippen LogP contribution >= 0.6 is 23.2 Å². The Morgan fingerprint density at radius 1 is 1.16 bits per heavy atom. The van der Waals surface area contributed by atoms with E-state index in [9.17, 15) is 14.7 Å². The number of amides is 2. The standard InChI is InChI=1S/C23H31Cl2N3O3/c1-23(2)16-26(9-7-20(23)29)11-12-28-14-13-27(10-8-22(28)31)21(30)6-4-17-3-5-18(24)19(25)15-17/h3-6,15,20,29H,7-14,16H2,1-2H3. The van der Waals surface area contributed by atoms with Crippen LogP contribution < -0.4 is 0 Å². The van der Waals surface area contributed by atoms with Gasteiger partial charge in [-0.2, -0.15) is 0 Å². The van der Waals surface area contributed by atoms with Crippen molar-refractivity contribution in [3.05, 3.63) is 39.9 Å². The Bertz CT molecular complexity index is 843. The molecule has 6 nitrogen and oxygen atoms in total. The Hall–Kier alpha value is -1.60. The minimum atomic E-state index is -0.278. The summed E-state index contributed by atoms with van der Waals surface area (Å²) in [6.45, 7) is 8.72. The van der Waals surface area contributed by atoms with Gasteiger partial charge in [-0.15, -0.1) is 0 Å². The molecule has 31 heavy (non-hydrogen) atoms. The summed E-state index contributed by atoms with van der Waals surface area (Å²) in [7, 11) is 0. The smallest absolute Gasteiger partial charge is 0.246 e. The highest BCUT2D eigenvalue weighted by Gasteiger charge is 2.34. The largest absolute Gasteiger partial charge is 0.392 e. The number of benzene rings is 1. The lowest BCUT2D eigenvalue weighted by Gasteiger charge is -2.42. The second kappa shape index (κ2) is 10.3. The highest BCUT2D eigenvalue weighted by Crippen LogP contribution is 2.29. The van der Waals surface area contributed by atoms with Crippen LogP contribution in [-0.2, 0) is 9.59 Å². The first-order valence-electron chi connectivity index (χ1n) is 10.8. The van der Waals surface area contributed by atoms with Crippen LogP contribution in [0.3, 0.4) is 0 Å². The number of hydrogen-bond acceptors (Lipinski definition) is 4. The van der Waals surface area contributed by atoms with Crippen molar-refractivity contribution >= 4 is 41.1 Å². The normalized spacial score (nSPS) is 22.7. The fourth-order valence-corrected chi connectivity index (χ4v) is 4.43. The van der Waals surface area contributed by atoms with Crippen LogP contribution in [0.4, 0.5) is 0 Å². The van der Waals surface area contributed by atoms with Gasteiger partial charge in [-0.1, -0.05) is 43.1 Å². The quantitative estimate of drug-likeness (QED) is 0.675. The van der Waals surface area contributed by atoms with Gasteiger partial charge in [-0.05, 0) is 30.2 Å². The van der Waals surface area contributed by atoms with Crippen LogP contribution in [0, 0.1) is 5.41 Å². The van der Waals surface area contributed by atoms with E-state index in [2.05, 4.69) is 18.7 Å². The number of likely N-dealkylation sites (tertiary alicyclic amines) is 1. The Morgan fingerprint density at radius 3 is 2.65 bits per heavy atom. The van der Waals surface area contributed by atoms with Crippen molar-refractivity contribution in [2.75, 3.05) is 45.8 Å². The van der Waals surface area contributed by atoms with Crippen molar-refractivity contribution < 1.29 is 14.7 Å². The first kappa shape index (κ1) is 24.1. The summed E-state index contributed by atoms with van der Waals surface area (Å²) >= 11 is 11.9. The highest BCUT2D eigenvalue weighted by molar-refractivity contribution is 6.42. The minimum Gasteiger partial charge on any atom is -0.392 e. The summed E-state index contributed by atoms with van der Waals surface area (Å²) in [6, 6.07) is 5.20. The average Bonchev–Trinajstić information content (AvgIpc) is 2.91. The molecule has 2 amide bonds. The molecule has 1 aromatic rings. The predicted molar refractivity (Wildman–Crippen MR) is 124 cm³/mol. The molecule has 1 aromatic carbocycles. The molecule has 0 aliphatic carbocycles. The van der Waals surface area contributed by atoms with E-state index in [1.807, 2.05) is 4.90 Å². The molecule has 1 N–H and O–H groups in total. The molecule has 1 atom stereocenters. The summed E-state index contributed by atoms with van der Waals surface area (Å²) in [5.41, 5.74) is 0.662. The molecule has 2 saturated heterocycles. The van der Waals surface area contributed by atoms with E-state index in [-0.39, 0.29) is 23.3 Å². The van der Waals surface area contributed by atoms with Gasteiger partial charge in [0, 0.05) is 63.7 Å². The Kier molecular flexibility index (Phi) is 8.03. The van der Waals surface area contributed by atoms with Gasteiger partial charge in [0.2, 0.25) is 11.8 Å². The van der Waals surface area contributed by atoms with E-state index in [0.29, 0.717) is 42.6 Å². The summed E-state index contributed by atoms with van der Waals surface area (Å²) in [6.07, 6.45) is 4.04. The van der Waals surface area contributed by atoms with Gasteiger partial charge in [0.05, 0.1) is 16.1 Å². The number of carbonyl (C=O) groups is 2. The highest BCUT2D eigenvalue weighted by atomic mass is 35.5. The molecule has 170 valence electrons. The van der Waals surface area contributed by atoms with E-state index in [1.54, 1.807) is 29.2 Å². The number of halogens is 2. The number of rotatable bonds is 5. The molecule has 0 spiro atoms. The number of nitrogens with zero attached hydrogens (tertiary/aromatic N) is 3. The minimum absolute atomic E-state index is 0.0834. The summed E-state index contributed by atoms with van der Waals surface area (Å²) in [4.78, 5) is 31.1. The fraction of sp³-hybridized carbons (Fsp3) is 0.565. The van der Waals surface area contributed by atoms with Crippen LogP contribution in [0.2, 0.25) is 10.0 Å². The van der Waals surface area contributed by atoms with Crippen LogP contribution in [0.25, 0.3) is 6.08 Å². The molecule has 2 heterocycles. The Labute approximate surface area is 194 Å².